The molecule has 0 amide bonds. The van der Waals surface area contributed by atoms with Gasteiger partial charge >= 0.3 is 0 Å². The summed E-state index contributed by atoms with van der Waals surface area (Å²) in [5.74, 6) is 0.799. The third-order valence-electron chi connectivity index (χ3n) is 3.24. The van der Waals surface area contributed by atoms with Gasteiger partial charge < -0.3 is 14.8 Å². The summed E-state index contributed by atoms with van der Waals surface area (Å²) in [6.45, 7) is 9.32. The van der Waals surface area contributed by atoms with E-state index in [1.54, 1.807) is 0 Å². The molecule has 0 aromatic carbocycles. The predicted molar refractivity (Wildman–Crippen MR) is 71.4 cm³/mol. The molecular weight excluding hydrogens is 214 g/mol. The van der Waals surface area contributed by atoms with Crippen LogP contribution in [0, 0.1) is 5.92 Å². The molecule has 0 aliphatic carbocycles. The Morgan fingerprint density at radius 1 is 1.47 bits per heavy atom. The van der Waals surface area contributed by atoms with Gasteiger partial charge in [0.15, 0.2) is 0 Å². The molecule has 1 rings (SSSR count). The highest BCUT2D eigenvalue weighted by atomic mass is 16.5. The van der Waals surface area contributed by atoms with Crippen molar-refractivity contribution in [2.45, 2.75) is 52.1 Å². The zero-order valence-electron chi connectivity index (χ0n) is 11.5. The fraction of sp³-hybridized carbons (Fsp3) is 1.00. The zero-order chi connectivity index (χ0) is 12.3. The van der Waals surface area contributed by atoms with Gasteiger partial charge in [0.25, 0.3) is 0 Å². The molecule has 1 fully saturated rings. The molecule has 102 valence electrons. The molecule has 1 aliphatic heterocycles. The van der Waals surface area contributed by atoms with E-state index in [2.05, 4.69) is 19.2 Å². The molecule has 0 aromatic rings. The van der Waals surface area contributed by atoms with Gasteiger partial charge in [0.2, 0.25) is 0 Å². The first-order valence-electron chi connectivity index (χ1n) is 7.23. The van der Waals surface area contributed by atoms with Crippen LogP contribution in [0.2, 0.25) is 0 Å². The largest absolute Gasteiger partial charge is 0.379 e. The lowest BCUT2D eigenvalue weighted by Gasteiger charge is -2.12. The highest BCUT2D eigenvalue weighted by molar-refractivity contribution is 4.63. The van der Waals surface area contributed by atoms with Crippen molar-refractivity contribution in [1.29, 1.82) is 0 Å². The summed E-state index contributed by atoms with van der Waals surface area (Å²) >= 11 is 0. The number of ether oxygens (including phenoxy) is 2. The van der Waals surface area contributed by atoms with E-state index in [0.29, 0.717) is 6.10 Å². The SMILES string of the molecule is CCCC(C)CNCCCOCC1CCCO1. The average Bonchev–Trinajstić information content (AvgIpc) is 2.81. The summed E-state index contributed by atoms with van der Waals surface area (Å²) in [5.41, 5.74) is 0. The minimum atomic E-state index is 0.368. The van der Waals surface area contributed by atoms with Crippen LogP contribution in [-0.4, -0.2) is 39.0 Å². The topological polar surface area (TPSA) is 30.5 Å². The van der Waals surface area contributed by atoms with Crippen LogP contribution in [0.1, 0.15) is 46.0 Å². The molecule has 0 aromatic heterocycles. The summed E-state index contributed by atoms with van der Waals surface area (Å²) in [5, 5.41) is 3.49. The molecule has 3 heteroatoms. The number of hydrogen-bond acceptors (Lipinski definition) is 3. The molecule has 2 atom stereocenters. The van der Waals surface area contributed by atoms with Gasteiger partial charge in [0, 0.05) is 13.2 Å². The van der Waals surface area contributed by atoms with E-state index in [9.17, 15) is 0 Å². The minimum absolute atomic E-state index is 0.368. The molecule has 0 saturated carbocycles. The third kappa shape index (κ3) is 7.74. The monoisotopic (exact) mass is 243 g/mol. The number of rotatable bonds is 10. The van der Waals surface area contributed by atoms with Crippen molar-refractivity contribution < 1.29 is 9.47 Å². The Balaban J connectivity index is 1.77. The van der Waals surface area contributed by atoms with Crippen molar-refractivity contribution in [3.8, 4) is 0 Å². The van der Waals surface area contributed by atoms with Crippen LogP contribution in [0.15, 0.2) is 0 Å². The Bertz CT molecular complexity index is 170. The van der Waals surface area contributed by atoms with Gasteiger partial charge in [0.1, 0.15) is 0 Å². The second-order valence-corrected chi connectivity index (χ2v) is 5.16. The maximum Gasteiger partial charge on any atom is 0.0809 e. The second kappa shape index (κ2) is 9.86. The van der Waals surface area contributed by atoms with Gasteiger partial charge in [0.05, 0.1) is 12.7 Å². The van der Waals surface area contributed by atoms with Crippen LogP contribution in [0.3, 0.4) is 0 Å². The van der Waals surface area contributed by atoms with E-state index >= 15 is 0 Å². The Morgan fingerprint density at radius 2 is 2.35 bits per heavy atom. The van der Waals surface area contributed by atoms with Gasteiger partial charge in [-0.05, 0) is 44.7 Å². The first-order valence-corrected chi connectivity index (χ1v) is 7.23. The third-order valence-corrected chi connectivity index (χ3v) is 3.24. The van der Waals surface area contributed by atoms with Crippen LogP contribution in [-0.2, 0) is 9.47 Å². The molecule has 1 heterocycles. The minimum Gasteiger partial charge on any atom is -0.379 e. The van der Waals surface area contributed by atoms with E-state index < -0.39 is 0 Å². The molecule has 17 heavy (non-hydrogen) atoms. The van der Waals surface area contributed by atoms with E-state index in [0.717, 1.165) is 45.2 Å². The Kier molecular flexibility index (Phi) is 8.67. The lowest BCUT2D eigenvalue weighted by Crippen LogP contribution is -2.23. The van der Waals surface area contributed by atoms with E-state index in [1.165, 1.54) is 25.7 Å². The van der Waals surface area contributed by atoms with Crippen LogP contribution in [0.4, 0.5) is 0 Å². The fourth-order valence-corrected chi connectivity index (χ4v) is 2.23. The summed E-state index contributed by atoms with van der Waals surface area (Å²) in [6.07, 6.45) is 6.45. The highest BCUT2D eigenvalue weighted by Crippen LogP contribution is 2.11. The maximum atomic E-state index is 5.61. The lowest BCUT2D eigenvalue weighted by molar-refractivity contribution is 0.0166. The van der Waals surface area contributed by atoms with Crippen molar-refractivity contribution in [3.05, 3.63) is 0 Å². The fourth-order valence-electron chi connectivity index (χ4n) is 2.23. The van der Waals surface area contributed by atoms with Gasteiger partial charge in [-0.25, -0.2) is 0 Å². The van der Waals surface area contributed by atoms with Crippen molar-refractivity contribution in [2.75, 3.05) is 32.9 Å². The Labute approximate surface area is 106 Å². The molecule has 1 saturated heterocycles. The second-order valence-electron chi connectivity index (χ2n) is 5.16. The van der Waals surface area contributed by atoms with Crippen molar-refractivity contribution in [2.24, 2.45) is 5.92 Å². The summed E-state index contributed by atoms with van der Waals surface area (Å²) in [4.78, 5) is 0. The van der Waals surface area contributed by atoms with Gasteiger partial charge in [-0.15, -0.1) is 0 Å². The highest BCUT2D eigenvalue weighted by Gasteiger charge is 2.14. The molecule has 0 spiro atoms. The van der Waals surface area contributed by atoms with Crippen LogP contribution >= 0.6 is 0 Å². The molecule has 1 N–H and O–H groups in total. The van der Waals surface area contributed by atoms with Crippen molar-refractivity contribution >= 4 is 0 Å². The van der Waals surface area contributed by atoms with Gasteiger partial charge in [-0.1, -0.05) is 20.3 Å². The molecule has 1 aliphatic rings. The Hall–Kier alpha value is -0.120. The normalized spacial score (nSPS) is 21.9. The molecular formula is C14H29NO2. The molecule has 3 nitrogen and oxygen atoms in total. The van der Waals surface area contributed by atoms with Gasteiger partial charge in [-0.3, -0.25) is 0 Å². The smallest absolute Gasteiger partial charge is 0.0809 e. The Morgan fingerprint density at radius 3 is 3.06 bits per heavy atom. The molecule has 0 radical (unpaired) electrons. The average molecular weight is 243 g/mol. The maximum absolute atomic E-state index is 5.61. The van der Waals surface area contributed by atoms with Crippen molar-refractivity contribution in [1.82, 2.24) is 5.32 Å². The quantitative estimate of drug-likeness (QED) is 0.598. The number of nitrogens with one attached hydrogen (secondary N) is 1. The van der Waals surface area contributed by atoms with Crippen LogP contribution in [0.25, 0.3) is 0 Å². The summed E-state index contributed by atoms with van der Waals surface area (Å²) in [7, 11) is 0. The predicted octanol–water partition coefficient (Wildman–Crippen LogP) is 2.60. The van der Waals surface area contributed by atoms with E-state index in [4.69, 9.17) is 9.47 Å². The zero-order valence-corrected chi connectivity index (χ0v) is 11.5. The first kappa shape index (κ1) is 14.9. The van der Waals surface area contributed by atoms with Crippen LogP contribution < -0.4 is 5.32 Å². The first-order chi connectivity index (χ1) is 8.33. The number of hydrogen-bond donors (Lipinski definition) is 1. The van der Waals surface area contributed by atoms with Crippen LogP contribution in [0.5, 0.6) is 0 Å². The summed E-state index contributed by atoms with van der Waals surface area (Å²) < 4.78 is 11.1. The molecule has 2 unspecified atom stereocenters. The molecule has 0 bridgehead atoms. The van der Waals surface area contributed by atoms with E-state index in [1.807, 2.05) is 0 Å². The standard InChI is InChI=1S/C14H29NO2/c1-3-6-13(2)11-15-8-5-9-16-12-14-7-4-10-17-14/h13-15H,3-12H2,1-2H3. The summed E-state index contributed by atoms with van der Waals surface area (Å²) in [6, 6.07) is 0. The van der Waals surface area contributed by atoms with Gasteiger partial charge in [-0.2, -0.15) is 0 Å². The van der Waals surface area contributed by atoms with Crippen molar-refractivity contribution in [3.63, 3.8) is 0 Å². The lowest BCUT2D eigenvalue weighted by atomic mass is 10.1. The van der Waals surface area contributed by atoms with E-state index in [-0.39, 0.29) is 0 Å².